The van der Waals surface area contributed by atoms with Crippen LogP contribution < -0.4 is 0 Å². The molecule has 2 aromatic rings. The molecule has 2 aromatic carbocycles. The molecule has 0 unspecified atom stereocenters. The topological polar surface area (TPSA) is 121 Å². The van der Waals surface area contributed by atoms with Crippen LogP contribution in [-0.4, -0.2) is 46.4 Å². The fourth-order valence-electron chi connectivity index (χ4n) is 1.82. The maximum atomic E-state index is 10.5. The second kappa shape index (κ2) is 21.6. The molecule has 0 bridgehead atoms. The number of aliphatic hydroxyl groups is 1. The Bertz CT molecular complexity index is 946. The molecule has 0 aliphatic rings. The van der Waals surface area contributed by atoms with E-state index in [1.807, 2.05) is 66.7 Å². The molecule has 0 aliphatic carbocycles. The lowest BCUT2D eigenvalue weighted by Crippen LogP contribution is -2.08. The van der Waals surface area contributed by atoms with Crippen LogP contribution in [0.2, 0.25) is 0 Å². The van der Waals surface area contributed by atoms with Gasteiger partial charge in [0.2, 0.25) is 0 Å². The Balaban J connectivity index is 0. The van der Waals surface area contributed by atoms with Gasteiger partial charge in [-0.1, -0.05) is 92.6 Å². The summed E-state index contributed by atoms with van der Waals surface area (Å²) in [6.07, 6.45) is 5.07. The molecule has 7 heteroatoms. The molecule has 0 atom stereocenters. The van der Waals surface area contributed by atoms with Crippen molar-refractivity contribution in [2.24, 2.45) is 0 Å². The Labute approximate surface area is 207 Å². The molecule has 188 valence electrons. The van der Waals surface area contributed by atoms with Crippen LogP contribution in [0.4, 0.5) is 0 Å². The van der Waals surface area contributed by atoms with Crippen LogP contribution in [0.25, 0.3) is 6.08 Å². The van der Waals surface area contributed by atoms with Gasteiger partial charge in [0.1, 0.15) is 6.61 Å². The van der Waals surface area contributed by atoms with Crippen LogP contribution in [0.15, 0.2) is 104 Å². The molecule has 0 saturated carbocycles. The van der Waals surface area contributed by atoms with Crippen molar-refractivity contribution in [1.29, 1.82) is 0 Å². The number of allylic oxidation sites excluding steroid dienone is 1. The predicted molar refractivity (Wildman–Crippen MR) is 139 cm³/mol. The number of carbonyl (C=O) groups is 3. The van der Waals surface area contributed by atoms with Crippen molar-refractivity contribution < 1.29 is 34.4 Å². The lowest BCUT2D eigenvalue weighted by molar-refractivity contribution is -0.140. The standard InChI is InChI=1S/C11H12O2.C8H8.C6H10O3.C3H4O2/c1-9(11(12)13)7-8-10-5-3-2-4-6-10;1-2-8-6-4-3-5-7-8;1-5(2)6(8)9-4-3-7;1-2-3(4)5/h2-7H,8H2,1H3,(H,12,13);2-7H,1H2;7H,1,3-4H2,2H3;2H,1H2,(H,4,5)/b9-7+;;;. The SMILES string of the molecule is C/C(=C\Cc1ccccc1)C(=O)O.C=C(C)C(=O)OCCO.C=CC(=O)O.C=Cc1ccccc1. The molecule has 7 nitrogen and oxygen atoms in total. The van der Waals surface area contributed by atoms with E-state index in [1.54, 1.807) is 19.9 Å². The number of carboxylic acids is 2. The molecule has 0 aromatic heterocycles. The van der Waals surface area contributed by atoms with Crippen molar-refractivity contribution in [3.8, 4) is 0 Å². The Hall–Kier alpha value is -4.23. The van der Waals surface area contributed by atoms with Gasteiger partial charge in [0.25, 0.3) is 0 Å². The quantitative estimate of drug-likeness (QED) is 0.360. The minimum atomic E-state index is -0.981. The van der Waals surface area contributed by atoms with E-state index in [9.17, 15) is 14.4 Å². The molecule has 35 heavy (non-hydrogen) atoms. The van der Waals surface area contributed by atoms with Crippen molar-refractivity contribution in [2.45, 2.75) is 20.3 Å². The highest BCUT2D eigenvalue weighted by molar-refractivity contribution is 5.87. The lowest BCUT2D eigenvalue weighted by atomic mass is 10.1. The molecule has 0 radical (unpaired) electrons. The van der Waals surface area contributed by atoms with Gasteiger partial charge in [-0.25, -0.2) is 14.4 Å². The first-order chi connectivity index (χ1) is 16.6. The van der Waals surface area contributed by atoms with Gasteiger partial charge in [0, 0.05) is 17.2 Å². The van der Waals surface area contributed by atoms with E-state index >= 15 is 0 Å². The third-order valence-electron chi connectivity index (χ3n) is 3.71. The molecule has 0 amide bonds. The summed E-state index contributed by atoms with van der Waals surface area (Å²) in [5.41, 5.74) is 3.04. The highest BCUT2D eigenvalue weighted by Crippen LogP contribution is 2.03. The Morgan fingerprint density at radius 3 is 1.74 bits per heavy atom. The van der Waals surface area contributed by atoms with E-state index in [1.165, 1.54) is 5.56 Å². The zero-order valence-corrected chi connectivity index (χ0v) is 20.2. The third-order valence-corrected chi connectivity index (χ3v) is 3.71. The van der Waals surface area contributed by atoms with Gasteiger partial charge in [-0.2, -0.15) is 0 Å². The summed E-state index contributed by atoms with van der Waals surface area (Å²) in [6.45, 7) is 13.0. The number of hydrogen-bond acceptors (Lipinski definition) is 5. The maximum absolute atomic E-state index is 10.5. The number of rotatable bonds is 8. The first kappa shape index (κ1) is 32.9. The molecular formula is C28H34O7. The lowest BCUT2D eigenvalue weighted by Gasteiger charge is -1.99. The van der Waals surface area contributed by atoms with E-state index in [4.69, 9.17) is 15.3 Å². The zero-order chi connectivity index (χ0) is 27.1. The van der Waals surface area contributed by atoms with Gasteiger partial charge in [0.15, 0.2) is 0 Å². The molecule has 0 aliphatic heterocycles. The molecule has 0 spiro atoms. The van der Waals surface area contributed by atoms with Gasteiger partial charge < -0.3 is 20.1 Å². The van der Waals surface area contributed by atoms with Crippen molar-refractivity contribution in [3.05, 3.63) is 115 Å². The number of carboxylic acid groups (broad SMARTS) is 2. The number of benzene rings is 2. The van der Waals surface area contributed by atoms with Crippen molar-refractivity contribution in [2.75, 3.05) is 13.2 Å². The second-order valence-electron chi connectivity index (χ2n) is 6.68. The summed E-state index contributed by atoms with van der Waals surface area (Å²) in [7, 11) is 0. The number of aliphatic carboxylic acids is 2. The van der Waals surface area contributed by atoms with Crippen molar-refractivity contribution >= 4 is 24.0 Å². The number of esters is 1. The Morgan fingerprint density at radius 2 is 1.40 bits per heavy atom. The number of hydrogen-bond donors (Lipinski definition) is 3. The summed E-state index contributed by atoms with van der Waals surface area (Å²) < 4.78 is 4.46. The van der Waals surface area contributed by atoms with Crippen LogP contribution in [0.5, 0.6) is 0 Å². The van der Waals surface area contributed by atoms with Gasteiger partial charge in [-0.05, 0) is 31.4 Å². The monoisotopic (exact) mass is 482 g/mol. The summed E-state index contributed by atoms with van der Waals surface area (Å²) >= 11 is 0. The summed E-state index contributed by atoms with van der Waals surface area (Å²) in [6, 6.07) is 19.8. The minimum absolute atomic E-state index is 0.0473. The second-order valence-corrected chi connectivity index (χ2v) is 6.68. The average Bonchev–Trinajstić information content (AvgIpc) is 2.87. The Kier molecular flexibility index (Phi) is 20.3. The van der Waals surface area contributed by atoms with Gasteiger partial charge >= 0.3 is 17.9 Å². The zero-order valence-electron chi connectivity index (χ0n) is 20.2. The van der Waals surface area contributed by atoms with Crippen molar-refractivity contribution in [1.82, 2.24) is 0 Å². The fraction of sp³-hybridized carbons (Fsp3) is 0.179. The van der Waals surface area contributed by atoms with E-state index in [-0.39, 0.29) is 13.2 Å². The van der Waals surface area contributed by atoms with Crippen molar-refractivity contribution in [3.63, 3.8) is 0 Å². The van der Waals surface area contributed by atoms with Crippen LogP contribution in [0, 0.1) is 0 Å². The first-order valence-corrected chi connectivity index (χ1v) is 10.5. The Morgan fingerprint density at radius 1 is 0.914 bits per heavy atom. The van der Waals surface area contributed by atoms with E-state index in [0.717, 1.165) is 11.6 Å². The highest BCUT2D eigenvalue weighted by Gasteiger charge is 2.00. The maximum Gasteiger partial charge on any atom is 0.333 e. The van der Waals surface area contributed by atoms with Gasteiger partial charge in [0.05, 0.1) is 6.61 Å². The minimum Gasteiger partial charge on any atom is -0.478 e. The normalized spacial score (nSPS) is 9.29. The van der Waals surface area contributed by atoms with Crippen LogP contribution in [0.3, 0.4) is 0 Å². The molecule has 0 fully saturated rings. The van der Waals surface area contributed by atoms with Crippen LogP contribution >= 0.6 is 0 Å². The molecule has 3 N–H and O–H groups in total. The van der Waals surface area contributed by atoms with E-state index < -0.39 is 17.9 Å². The largest absolute Gasteiger partial charge is 0.478 e. The number of carbonyl (C=O) groups excluding carboxylic acids is 1. The molecular weight excluding hydrogens is 448 g/mol. The highest BCUT2D eigenvalue weighted by atomic mass is 16.5. The first-order valence-electron chi connectivity index (χ1n) is 10.5. The third kappa shape index (κ3) is 21.4. The average molecular weight is 483 g/mol. The smallest absolute Gasteiger partial charge is 0.333 e. The van der Waals surface area contributed by atoms with Crippen LogP contribution in [-0.2, 0) is 25.5 Å². The summed E-state index contributed by atoms with van der Waals surface area (Å²) in [5.74, 6) is -2.29. The summed E-state index contributed by atoms with van der Waals surface area (Å²) in [5, 5.41) is 24.4. The molecule has 2 rings (SSSR count). The van der Waals surface area contributed by atoms with Gasteiger partial charge in [-0.3, -0.25) is 0 Å². The number of ether oxygens (including phenoxy) is 1. The molecule has 0 saturated heterocycles. The van der Waals surface area contributed by atoms with Crippen LogP contribution in [0.1, 0.15) is 25.0 Å². The van der Waals surface area contributed by atoms with Gasteiger partial charge in [-0.15, -0.1) is 0 Å². The molecule has 0 heterocycles. The summed E-state index contributed by atoms with van der Waals surface area (Å²) in [4.78, 5) is 30.2. The predicted octanol–water partition coefficient (Wildman–Crippen LogP) is 4.94. The number of aliphatic hydroxyl groups excluding tert-OH is 1. The van der Waals surface area contributed by atoms with E-state index in [0.29, 0.717) is 17.6 Å². The fourth-order valence-corrected chi connectivity index (χ4v) is 1.82. The van der Waals surface area contributed by atoms with E-state index in [2.05, 4.69) is 24.5 Å².